The molecule has 0 radical (unpaired) electrons. The molecule has 3 N–H and O–H groups in total. The average Bonchev–Trinajstić information content (AvgIpc) is 2.04. The van der Waals surface area contributed by atoms with E-state index in [0.29, 0.717) is 11.6 Å². The van der Waals surface area contributed by atoms with Gasteiger partial charge in [-0.25, -0.2) is 4.98 Å². The first-order chi connectivity index (χ1) is 5.27. The molecule has 0 bridgehead atoms. The van der Waals surface area contributed by atoms with Crippen molar-refractivity contribution in [2.75, 3.05) is 12.5 Å². The number of hydrogen-bond acceptors (Lipinski definition) is 4. The molecule has 0 aliphatic rings. The molecule has 0 unspecified atom stereocenters. The van der Waals surface area contributed by atoms with Gasteiger partial charge in [0.1, 0.15) is 5.69 Å². The normalized spacial score (nSPS) is 9.36. The zero-order valence-corrected chi connectivity index (χ0v) is 7.55. The number of pyridine rings is 1. The van der Waals surface area contributed by atoms with Crippen LogP contribution in [0.4, 0.5) is 5.69 Å². The topological polar surface area (TPSA) is 60.2 Å². The van der Waals surface area contributed by atoms with Crippen molar-refractivity contribution < 1.29 is 4.74 Å². The number of nitrogens with zero attached hydrogens (tertiary/aromatic N) is 1. The third-order valence-corrected chi connectivity index (χ3v) is 1.60. The molecule has 0 saturated heterocycles. The van der Waals surface area contributed by atoms with E-state index in [0.717, 1.165) is 4.47 Å². The number of hydrazine groups is 1. The van der Waals surface area contributed by atoms with E-state index < -0.39 is 0 Å². The van der Waals surface area contributed by atoms with E-state index in [9.17, 15) is 0 Å². The lowest BCUT2D eigenvalue weighted by Crippen LogP contribution is -2.08. The van der Waals surface area contributed by atoms with E-state index in [1.807, 2.05) is 0 Å². The van der Waals surface area contributed by atoms with Crippen molar-refractivity contribution in [3.05, 3.63) is 16.7 Å². The second kappa shape index (κ2) is 3.54. The number of aromatic nitrogens is 1. The van der Waals surface area contributed by atoms with Crippen LogP contribution in [0.15, 0.2) is 16.7 Å². The molecule has 1 aromatic rings. The fraction of sp³-hybridized carbons (Fsp3) is 0.167. The highest BCUT2D eigenvalue weighted by Gasteiger charge is 2.01. The largest absolute Gasteiger partial charge is 0.479 e. The van der Waals surface area contributed by atoms with Gasteiger partial charge >= 0.3 is 0 Å². The minimum absolute atomic E-state index is 0.482. The first kappa shape index (κ1) is 8.29. The number of ether oxygens (including phenoxy) is 1. The zero-order chi connectivity index (χ0) is 8.27. The molecule has 0 amide bonds. The Labute approximate surface area is 72.9 Å². The summed E-state index contributed by atoms with van der Waals surface area (Å²) in [4.78, 5) is 3.96. The monoisotopic (exact) mass is 217 g/mol. The van der Waals surface area contributed by atoms with Crippen molar-refractivity contribution in [1.29, 1.82) is 0 Å². The van der Waals surface area contributed by atoms with Crippen LogP contribution in [0.5, 0.6) is 5.88 Å². The number of nitrogen functional groups attached to an aromatic ring is 1. The molecule has 0 aliphatic carbocycles. The lowest BCUT2D eigenvalue weighted by Gasteiger charge is -2.05. The lowest BCUT2D eigenvalue weighted by molar-refractivity contribution is 0.399. The molecule has 0 aliphatic heterocycles. The number of hydrogen-bond donors (Lipinski definition) is 2. The van der Waals surface area contributed by atoms with Gasteiger partial charge in [-0.1, -0.05) is 0 Å². The highest BCUT2D eigenvalue weighted by molar-refractivity contribution is 9.10. The van der Waals surface area contributed by atoms with Crippen LogP contribution >= 0.6 is 15.9 Å². The molecular weight excluding hydrogens is 210 g/mol. The standard InChI is InChI=1S/C6H8BrN3O/c1-11-6-5(10-8)2-4(7)3-9-6/h2-3,10H,8H2,1H3. The van der Waals surface area contributed by atoms with Gasteiger partial charge in [0.2, 0.25) is 5.88 Å². The van der Waals surface area contributed by atoms with Gasteiger partial charge in [-0.3, -0.25) is 5.84 Å². The molecule has 0 aromatic carbocycles. The van der Waals surface area contributed by atoms with E-state index >= 15 is 0 Å². The van der Waals surface area contributed by atoms with Gasteiger partial charge in [0.05, 0.1) is 7.11 Å². The van der Waals surface area contributed by atoms with Crippen LogP contribution in [0.1, 0.15) is 0 Å². The van der Waals surface area contributed by atoms with Crippen LogP contribution in [-0.4, -0.2) is 12.1 Å². The first-order valence-electron chi connectivity index (χ1n) is 2.94. The second-order valence-corrected chi connectivity index (χ2v) is 2.77. The van der Waals surface area contributed by atoms with Crippen LogP contribution in [-0.2, 0) is 0 Å². The summed E-state index contributed by atoms with van der Waals surface area (Å²) < 4.78 is 5.77. The third-order valence-electron chi connectivity index (χ3n) is 1.17. The fourth-order valence-electron chi connectivity index (χ4n) is 0.693. The smallest absolute Gasteiger partial charge is 0.238 e. The van der Waals surface area contributed by atoms with Gasteiger partial charge in [0.15, 0.2) is 0 Å². The summed E-state index contributed by atoms with van der Waals surface area (Å²) in [6, 6.07) is 1.78. The van der Waals surface area contributed by atoms with Gasteiger partial charge < -0.3 is 10.2 Å². The predicted octanol–water partition coefficient (Wildman–Crippen LogP) is 1.14. The molecule has 60 valence electrons. The molecule has 0 saturated carbocycles. The maximum Gasteiger partial charge on any atom is 0.238 e. The summed E-state index contributed by atoms with van der Waals surface area (Å²) in [5.74, 6) is 5.69. The second-order valence-electron chi connectivity index (χ2n) is 1.85. The van der Waals surface area contributed by atoms with E-state index in [-0.39, 0.29) is 0 Å². The molecule has 0 atom stereocenters. The Morgan fingerprint density at radius 2 is 2.45 bits per heavy atom. The SMILES string of the molecule is COc1ncc(Br)cc1NN. The van der Waals surface area contributed by atoms with Crippen LogP contribution in [0.3, 0.4) is 0 Å². The zero-order valence-electron chi connectivity index (χ0n) is 5.97. The number of nitrogens with one attached hydrogen (secondary N) is 1. The van der Waals surface area contributed by atoms with E-state index in [1.165, 1.54) is 7.11 Å². The van der Waals surface area contributed by atoms with Crippen LogP contribution in [0, 0.1) is 0 Å². The maximum absolute atomic E-state index is 5.20. The Balaban J connectivity index is 3.06. The number of methoxy groups -OCH3 is 1. The summed E-state index contributed by atoms with van der Waals surface area (Å²) in [6.45, 7) is 0. The first-order valence-corrected chi connectivity index (χ1v) is 3.73. The Hall–Kier alpha value is -0.810. The molecule has 4 nitrogen and oxygen atoms in total. The van der Waals surface area contributed by atoms with Crippen molar-refractivity contribution in [2.24, 2.45) is 5.84 Å². The average molecular weight is 218 g/mol. The molecule has 1 aromatic heterocycles. The molecular formula is C6H8BrN3O. The quantitative estimate of drug-likeness (QED) is 0.577. The van der Waals surface area contributed by atoms with Gasteiger partial charge in [0, 0.05) is 10.7 Å². The van der Waals surface area contributed by atoms with Crippen LogP contribution in [0.2, 0.25) is 0 Å². The van der Waals surface area contributed by atoms with Crippen molar-refractivity contribution in [1.82, 2.24) is 4.98 Å². The summed E-state index contributed by atoms with van der Waals surface area (Å²) in [7, 11) is 1.54. The molecule has 1 heterocycles. The summed E-state index contributed by atoms with van der Waals surface area (Å²) >= 11 is 3.25. The van der Waals surface area contributed by atoms with Crippen molar-refractivity contribution in [3.63, 3.8) is 0 Å². The minimum Gasteiger partial charge on any atom is -0.479 e. The Bertz CT molecular complexity index is 254. The molecule has 0 spiro atoms. The Morgan fingerprint density at radius 3 is 3.00 bits per heavy atom. The number of halogens is 1. The van der Waals surface area contributed by atoms with Gasteiger partial charge in [-0.15, -0.1) is 0 Å². The van der Waals surface area contributed by atoms with Crippen LogP contribution in [0.25, 0.3) is 0 Å². The number of anilines is 1. The number of nitrogens with two attached hydrogens (primary N) is 1. The van der Waals surface area contributed by atoms with E-state index in [2.05, 4.69) is 26.3 Å². The fourth-order valence-corrected chi connectivity index (χ4v) is 1.02. The Kier molecular flexibility index (Phi) is 2.67. The number of rotatable bonds is 2. The molecule has 5 heteroatoms. The molecule has 11 heavy (non-hydrogen) atoms. The molecule has 0 fully saturated rings. The maximum atomic E-state index is 5.20. The van der Waals surface area contributed by atoms with Gasteiger partial charge in [-0.2, -0.15) is 0 Å². The van der Waals surface area contributed by atoms with E-state index in [1.54, 1.807) is 12.3 Å². The predicted molar refractivity (Wildman–Crippen MR) is 46.3 cm³/mol. The highest BCUT2D eigenvalue weighted by atomic mass is 79.9. The Morgan fingerprint density at radius 1 is 1.73 bits per heavy atom. The van der Waals surface area contributed by atoms with Crippen LogP contribution < -0.4 is 16.0 Å². The summed E-state index contributed by atoms with van der Waals surface area (Å²) in [5.41, 5.74) is 3.12. The van der Waals surface area contributed by atoms with E-state index in [4.69, 9.17) is 10.6 Å². The highest BCUT2D eigenvalue weighted by Crippen LogP contribution is 2.23. The van der Waals surface area contributed by atoms with Gasteiger partial charge in [-0.05, 0) is 22.0 Å². The summed E-state index contributed by atoms with van der Waals surface area (Å²) in [5, 5.41) is 0. The van der Waals surface area contributed by atoms with Crippen molar-refractivity contribution in [2.45, 2.75) is 0 Å². The molecule has 1 rings (SSSR count). The summed E-state index contributed by atoms with van der Waals surface area (Å²) in [6.07, 6.45) is 1.64. The minimum atomic E-state index is 0.482. The van der Waals surface area contributed by atoms with Gasteiger partial charge in [0.25, 0.3) is 0 Å². The third kappa shape index (κ3) is 1.81. The van der Waals surface area contributed by atoms with Crippen molar-refractivity contribution >= 4 is 21.6 Å². The van der Waals surface area contributed by atoms with Crippen molar-refractivity contribution in [3.8, 4) is 5.88 Å². The lowest BCUT2D eigenvalue weighted by atomic mass is 10.4.